The number of hydrogen-bond acceptors (Lipinski definition) is 7. The fourth-order valence-electron chi connectivity index (χ4n) is 2.49. The van der Waals surface area contributed by atoms with Crippen LogP contribution in [0.1, 0.15) is 11.1 Å². The van der Waals surface area contributed by atoms with E-state index in [1.165, 1.54) is 24.3 Å². The predicted molar refractivity (Wildman–Crippen MR) is 107 cm³/mol. The van der Waals surface area contributed by atoms with Gasteiger partial charge in [0.05, 0.1) is 9.83 Å². The van der Waals surface area contributed by atoms with E-state index in [1.54, 1.807) is 0 Å². The first-order valence-electron chi connectivity index (χ1n) is 8.32. The fourth-order valence-corrected chi connectivity index (χ4v) is 3.19. The maximum Gasteiger partial charge on any atom is 0.270 e. The van der Waals surface area contributed by atoms with Crippen LogP contribution in [-0.4, -0.2) is 29.2 Å². The van der Waals surface area contributed by atoms with Crippen LogP contribution in [0.2, 0.25) is 0 Å². The van der Waals surface area contributed by atoms with Gasteiger partial charge in [-0.2, -0.15) is 0 Å². The lowest BCUT2D eigenvalue weighted by Crippen LogP contribution is -2.18. The molecule has 2 aromatic rings. The second-order valence-electron chi connectivity index (χ2n) is 5.89. The molecule has 0 spiro atoms. The number of nitro benzene ring substituents is 1. The average molecular weight is 399 g/mol. The van der Waals surface area contributed by atoms with Crippen molar-refractivity contribution in [3.8, 4) is 11.5 Å². The van der Waals surface area contributed by atoms with Crippen LogP contribution < -0.4 is 14.8 Å². The van der Waals surface area contributed by atoms with Crippen LogP contribution in [0.3, 0.4) is 0 Å². The van der Waals surface area contributed by atoms with Gasteiger partial charge in [-0.25, -0.2) is 0 Å². The van der Waals surface area contributed by atoms with Gasteiger partial charge in [0.2, 0.25) is 0 Å². The summed E-state index contributed by atoms with van der Waals surface area (Å²) in [5.41, 5.74) is 1.35. The van der Waals surface area contributed by atoms with Gasteiger partial charge in [0.25, 0.3) is 11.6 Å². The molecule has 2 N–H and O–H groups in total. The first-order chi connectivity index (χ1) is 13.4. The molecule has 0 unspecified atom stereocenters. The number of rotatable bonds is 7. The number of ether oxygens (including phenoxy) is 2. The molecule has 1 amide bonds. The Morgan fingerprint density at radius 2 is 2.00 bits per heavy atom. The summed E-state index contributed by atoms with van der Waals surface area (Å²) in [6.07, 6.45) is 1.48. The number of hydrogen-bond donors (Lipinski definition) is 2. The van der Waals surface area contributed by atoms with E-state index in [1.807, 2.05) is 31.2 Å². The van der Waals surface area contributed by atoms with Crippen LogP contribution in [0.5, 0.6) is 11.5 Å². The number of carbonyl (C=O) groups is 1. The maximum absolute atomic E-state index is 11.8. The summed E-state index contributed by atoms with van der Waals surface area (Å²) in [7, 11) is 0. The second kappa shape index (κ2) is 8.57. The lowest BCUT2D eigenvalue weighted by Gasteiger charge is -2.11. The van der Waals surface area contributed by atoms with Crippen LogP contribution in [0.25, 0.3) is 6.08 Å². The van der Waals surface area contributed by atoms with Crippen LogP contribution in [-0.2, 0) is 4.79 Å². The number of carbonyl (C=O) groups excluding carboxylic acids is 1. The zero-order valence-corrected chi connectivity index (χ0v) is 15.7. The summed E-state index contributed by atoms with van der Waals surface area (Å²) in [5.74, 6) is 0.695. The molecule has 1 heterocycles. The van der Waals surface area contributed by atoms with E-state index in [2.05, 4.69) is 5.32 Å². The SMILES string of the molecule is Cc1cccc(OCCOc2ccc([N+](=O)[O-])cc2/C=C2\SC(=N)NC2=O)c1. The molecule has 9 heteroatoms. The van der Waals surface area contributed by atoms with E-state index >= 15 is 0 Å². The Morgan fingerprint density at radius 1 is 1.21 bits per heavy atom. The Bertz CT molecular complexity index is 974. The molecule has 28 heavy (non-hydrogen) atoms. The highest BCUT2D eigenvalue weighted by atomic mass is 32.2. The normalized spacial score (nSPS) is 14.8. The van der Waals surface area contributed by atoms with Crippen molar-refractivity contribution in [1.29, 1.82) is 5.41 Å². The number of amides is 1. The number of nitrogens with one attached hydrogen (secondary N) is 2. The highest BCUT2D eigenvalue weighted by molar-refractivity contribution is 8.18. The molecule has 1 saturated heterocycles. The van der Waals surface area contributed by atoms with Crippen molar-refractivity contribution in [2.75, 3.05) is 13.2 Å². The van der Waals surface area contributed by atoms with Gasteiger partial charge in [-0.3, -0.25) is 20.3 Å². The first-order valence-corrected chi connectivity index (χ1v) is 9.14. The standard InChI is InChI=1S/C19H17N3O5S/c1-12-3-2-4-15(9-12)26-7-8-27-16-6-5-14(22(24)25)10-13(16)11-17-18(23)21-19(20)28-17/h2-6,9-11H,7-8H2,1H3,(H2,20,21,23)/b17-11-. The smallest absolute Gasteiger partial charge is 0.270 e. The lowest BCUT2D eigenvalue weighted by molar-refractivity contribution is -0.384. The molecule has 0 aromatic heterocycles. The minimum absolute atomic E-state index is 0.00991. The van der Waals surface area contributed by atoms with Gasteiger partial charge >= 0.3 is 0 Å². The van der Waals surface area contributed by atoms with Crippen molar-refractivity contribution in [2.24, 2.45) is 0 Å². The molecule has 8 nitrogen and oxygen atoms in total. The molecule has 3 rings (SSSR count). The van der Waals surface area contributed by atoms with Crippen molar-refractivity contribution >= 4 is 34.6 Å². The van der Waals surface area contributed by atoms with E-state index < -0.39 is 10.8 Å². The molecule has 0 radical (unpaired) electrons. The maximum atomic E-state index is 11.8. The largest absolute Gasteiger partial charge is 0.490 e. The Morgan fingerprint density at radius 3 is 2.68 bits per heavy atom. The number of aryl methyl sites for hydroxylation is 1. The van der Waals surface area contributed by atoms with Gasteiger partial charge in [-0.15, -0.1) is 0 Å². The second-order valence-corrected chi connectivity index (χ2v) is 6.94. The number of nitro groups is 1. The summed E-state index contributed by atoms with van der Waals surface area (Å²) >= 11 is 0.952. The van der Waals surface area contributed by atoms with Gasteiger partial charge in [0, 0.05) is 17.7 Å². The van der Waals surface area contributed by atoms with Crippen LogP contribution in [0, 0.1) is 22.4 Å². The monoisotopic (exact) mass is 399 g/mol. The minimum atomic E-state index is -0.517. The molecule has 0 bridgehead atoms. The molecule has 0 saturated carbocycles. The molecule has 144 valence electrons. The summed E-state index contributed by atoms with van der Waals surface area (Å²) in [4.78, 5) is 22.6. The molecule has 2 aromatic carbocycles. The Balaban J connectivity index is 1.72. The first kappa shape index (κ1) is 19.4. The molecule has 0 atom stereocenters. The summed E-state index contributed by atoms with van der Waals surface area (Å²) < 4.78 is 11.3. The molecule has 0 aliphatic carbocycles. The number of nitrogens with zero attached hydrogens (tertiary/aromatic N) is 1. The molecular weight excluding hydrogens is 382 g/mol. The average Bonchev–Trinajstić information content (AvgIpc) is 2.96. The highest BCUT2D eigenvalue weighted by Gasteiger charge is 2.23. The van der Waals surface area contributed by atoms with E-state index in [4.69, 9.17) is 14.9 Å². The van der Waals surface area contributed by atoms with Gasteiger partial charge < -0.3 is 14.8 Å². The van der Waals surface area contributed by atoms with E-state index in [-0.39, 0.29) is 29.0 Å². The topological polar surface area (TPSA) is 115 Å². The minimum Gasteiger partial charge on any atom is -0.490 e. The van der Waals surface area contributed by atoms with Gasteiger partial charge in [0.15, 0.2) is 5.17 Å². The van der Waals surface area contributed by atoms with E-state index in [0.717, 1.165) is 23.1 Å². The summed E-state index contributed by atoms with van der Waals surface area (Å²) in [6.45, 7) is 2.48. The van der Waals surface area contributed by atoms with Crippen molar-refractivity contribution in [2.45, 2.75) is 6.92 Å². The van der Waals surface area contributed by atoms with E-state index in [0.29, 0.717) is 11.3 Å². The molecule has 1 aliphatic heterocycles. The zero-order valence-electron chi connectivity index (χ0n) is 14.9. The third kappa shape index (κ3) is 4.89. The van der Waals surface area contributed by atoms with Crippen LogP contribution >= 0.6 is 11.8 Å². The van der Waals surface area contributed by atoms with Gasteiger partial charge in [-0.05, 0) is 48.5 Å². The Kier molecular flexibility index (Phi) is 5.95. The Hall–Kier alpha value is -3.33. The van der Waals surface area contributed by atoms with Crippen molar-refractivity contribution in [3.05, 3.63) is 68.6 Å². The highest BCUT2D eigenvalue weighted by Crippen LogP contribution is 2.31. The number of thioether (sulfide) groups is 1. The molecular formula is C19H17N3O5S. The van der Waals surface area contributed by atoms with Crippen molar-refractivity contribution in [3.63, 3.8) is 0 Å². The lowest BCUT2D eigenvalue weighted by atomic mass is 10.1. The zero-order chi connectivity index (χ0) is 20.1. The summed E-state index contributed by atoms with van der Waals surface area (Å²) in [6, 6.07) is 11.8. The predicted octanol–water partition coefficient (Wildman–Crippen LogP) is 3.50. The number of amidine groups is 1. The fraction of sp³-hybridized carbons (Fsp3) is 0.158. The third-order valence-corrected chi connectivity index (χ3v) is 4.58. The third-order valence-electron chi connectivity index (χ3n) is 3.75. The molecule has 1 aliphatic rings. The number of benzene rings is 2. The van der Waals surface area contributed by atoms with Crippen LogP contribution in [0.4, 0.5) is 5.69 Å². The number of non-ortho nitro benzene ring substituents is 1. The van der Waals surface area contributed by atoms with Gasteiger partial charge in [-0.1, -0.05) is 12.1 Å². The molecule has 1 fully saturated rings. The Labute approximate surface area is 165 Å². The van der Waals surface area contributed by atoms with Crippen molar-refractivity contribution < 1.29 is 19.2 Å². The van der Waals surface area contributed by atoms with Crippen LogP contribution in [0.15, 0.2) is 47.4 Å². The van der Waals surface area contributed by atoms with Crippen molar-refractivity contribution in [1.82, 2.24) is 5.32 Å². The quantitative estimate of drug-likeness (QED) is 0.319. The van der Waals surface area contributed by atoms with E-state index in [9.17, 15) is 14.9 Å². The summed E-state index contributed by atoms with van der Waals surface area (Å²) in [5, 5.41) is 20.9. The van der Waals surface area contributed by atoms with Gasteiger partial charge in [0.1, 0.15) is 24.7 Å².